The van der Waals surface area contributed by atoms with Crippen molar-refractivity contribution >= 4 is 53.4 Å². The molecule has 2 nitrogen and oxygen atoms in total. The molecule has 5 aromatic carbocycles. The van der Waals surface area contributed by atoms with Gasteiger partial charge < -0.3 is 4.57 Å². The van der Waals surface area contributed by atoms with Crippen LogP contribution >= 0.6 is 11.3 Å². The Labute approximate surface area is 224 Å². The lowest BCUT2D eigenvalue weighted by atomic mass is 10.0. The summed E-state index contributed by atoms with van der Waals surface area (Å²) in [7, 11) is 0. The Kier molecular flexibility index (Phi) is 4.73. The van der Waals surface area contributed by atoms with Gasteiger partial charge in [-0.3, -0.25) is 4.98 Å². The number of para-hydroxylation sites is 1. The van der Waals surface area contributed by atoms with Gasteiger partial charge in [-0.15, -0.1) is 11.3 Å². The van der Waals surface area contributed by atoms with E-state index in [0.29, 0.717) is 0 Å². The molecule has 0 fully saturated rings. The fourth-order valence-corrected chi connectivity index (χ4v) is 6.80. The smallest absolute Gasteiger partial charge is 0.0964 e. The maximum absolute atomic E-state index is 5.09. The Hall–Kier alpha value is -4.73. The number of rotatable bonds is 3. The summed E-state index contributed by atoms with van der Waals surface area (Å²) in [5.41, 5.74) is 9.17. The first-order valence-electron chi connectivity index (χ1n) is 12.8. The van der Waals surface area contributed by atoms with Crippen molar-refractivity contribution in [3.63, 3.8) is 0 Å². The summed E-state index contributed by atoms with van der Waals surface area (Å²) in [4.78, 5) is 5.09. The predicted molar refractivity (Wildman–Crippen MR) is 162 cm³/mol. The maximum Gasteiger partial charge on any atom is 0.0964 e. The highest BCUT2D eigenvalue weighted by Gasteiger charge is 2.19. The van der Waals surface area contributed by atoms with E-state index in [-0.39, 0.29) is 0 Å². The van der Waals surface area contributed by atoms with Crippen LogP contribution in [0.2, 0.25) is 0 Å². The highest BCUT2D eigenvalue weighted by atomic mass is 32.1. The van der Waals surface area contributed by atoms with Crippen molar-refractivity contribution in [3.05, 3.63) is 134 Å². The molecule has 0 N–H and O–H groups in total. The SMILES string of the molecule is c1ccc(-c2cnc3c4cc5c(cc4n(-c4ccccc4-c4ccccc4)c3c2)sc2ccccc25)cc1. The molecule has 0 saturated carbocycles. The molecule has 0 bridgehead atoms. The molecule has 0 radical (unpaired) electrons. The molecule has 178 valence electrons. The van der Waals surface area contributed by atoms with E-state index in [9.17, 15) is 0 Å². The molecule has 0 unspecified atom stereocenters. The van der Waals surface area contributed by atoms with Crippen LogP contribution in [0.5, 0.6) is 0 Å². The first-order valence-corrected chi connectivity index (χ1v) is 13.6. The zero-order valence-electron chi connectivity index (χ0n) is 20.5. The Bertz CT molecular complexity index is 2120. The molecule has 0 spiro atoms. The first-order chi connectivity index (χ1) is 18.8. The highest BCUT2D eigenvalue weighted by molar-refractivity contribution is 7.25. The van der Waals surface area contributed by atoms with Crippen molar-refractivity contribution in [2.24, 2.45) is 0 Å². The third kappa shape index (κ3) is 3.22. The molecular weight excluding hydrogens is 480 g/mol. The van der Waals surface area contributed by atoms with Gasteiger partial charge in [0.2, 0.25) is 0 Å². The number of hydrogen-bond acceptors (Lipinski definition) is 2. The molecule has 38 heavy (non-hydrogen) atoms. The van der Waals surface area contributed by atoms with E-state index in [1.807, 2.05) is 17.5 Å². The maximum atomic E-state index is 5.09. The topological polar surface area (TPSA) is 17.8 Å². The van der Waals surface area contributed by atoms with Crippen LogP contribution in [-0.2, 0) is 0 Å². The summed E-state index contributed by atoms with van der Waals surface area (Å²) in [5.74, 6) is 0. The molecule has 0 aliphatic rings. The van der Waals surface area contributed by atoms with Gasteiger partial charge in [-0.25, -0.2) is 0 Å². The minimum absolute atomic E-state index is 1.03. The van der Waals surface area contributed by atoms with E-state index < -0.39 is 0 Å². The summed E-state index contributed by atoms with van der Waals surface area (Å²) in [6.45, 7) is 0. The molecule has 8 rings (SSSR count). The standard InChI is InChI=1S/C35H22N2S/c1-3-11-23(12-4-1)25-19-32-35(36-22-25)29-20-28-27-16-8-10-18-33(27)38-34(28)21-31(29)37(32)30-17-9-7-15-26(30)24-13-5-2-6-14-24/h1-22H. The molecule has 3 aromatic heterocycles. The van der Waals surface area contributed by atoms with Gasteiger partial charge >= 0.3 is 0 Å². The van der Waals surface area contributed by atoms with E-state index in [1.54, 1.807) is 0 Å². The van der Waals surface area contributed by atoms with Crippen molar-refractivity contribution in [3.8, 4) is 27.9 Å². The van der Waals surface area contributed by atoms with Crippen LogP contribution in [0.1, 0.15) is 0 Å². The van der Waals surface area contributed by atoms with E-state index in [0.717, 1.165) is 22.3 Å². The summed E-state index contributed by atoms with van der Waals surface area (Å²) < 4.78 is 5.02. The molecule has 8 aromatic rings. The van der Waals surface area contributed by atoms with E-state index in [2.05, 4.69) is 132 Å². The largest absolute Gasteiger partial charge is 0.307 e. The number of hydrogen-bond donors (Lipinski definition) is 0. The monoisotopic (exact) mass is 502 g/mol. The number of fused-ring (bicyclic) bond motifs is 6. The quantitative estimate of drug-likeness (QED) is 0.235. The number of benzene rings is 5. The lowest BCUT2D eigenvalue weighted by Gasteiger charge is -2.14. The van der Waals surface area contributed by atoms with Crippen LogP contribution in [0.15, 0.2) is 134 Å². The van der Waals surface area contributed by atoms with Gasteiger partial charge in [-0.1, -0.05) is 97.1 Å². The van der Waals surface area contributed by atoms with E-state index >= 15 is 0 Å². The van der Waals surface area contributed by atoms with E-state index in [1.165, 1.54) is 47.8 Å². The summed E-state index contributed by atoms with van der Waals surface area (Å²) >= 11 is 1.86. The Morgan fingerprint density at radius 2 is 1.21 bits per heavy atom. The lowest BCUT2D eigenvalue weighted by Crippen LogP contribution is -1.97. The molecule has 0 atom stereocenters. The number of aromatic nitrogens is 2. The van der Waals surface area contributed by atoms with Crippen molar-refractivity contribution in [1.82, 2.24) is 9.55 Å². The summed E-state index contributed by atoms with van der Waals surface area (Å²) in [6, 6.07) is 45.6. The van der Waals surface area contributed by atoms with Gasteiger partial charge in [-0.05, 0) is 41.5 Å². The van der Waals surface area contributed by atoms with Gasteiger partial charge in [0.1, 0.15) is 0 Å². The predicted octanol–water partition coefficient (Wildman–Crippen LogP) is 9.88. The molecule has 0 aliphatic carbocycles. The van der Waals surface area contributed by atoms with Crippen LogP contribution < -0.4 is 0 Å². The van der Waals surface area contributed by atoms with Crippen molar-refractivity contribution < 1.29 is 0 Å². The van der Waals surface area contributed by atoms with Crippen LogP contribution in [-0.4, -0.2) is 9.55 Å². The Morgan fingerprint density at radius 3 is 2.05 bits per heavy atom. The average molecular weight is 503 g/mol. The minimum atomic E-state index is 1.03. The lowest BCUT2D eigenvalue weighted by molar-refractivity contribution is 1.18. The van der Waals surface area contributed by atoms with E-state index in [4.69, 9.17) is 4.98 Å². The van der Waals surface area contributed by atoms with Gasteiger partial charge in [0, 0.05) is 42.9 Å². The molecule has 0 aliphatic heterocycles. The highest BCUT2D eigenvalue weighted by Crippen LogP contribution is 2.42. The number of pyridine rings is 1. The third-order valence-corrected chi connectivity index (χ3v) is 8.57. The summed E-state index contributed by atoms with van der Waals surface area (Å²) in [6.07, 6.45) is 2.01. The number of thiophene rings is 1. The normalized spacial score (nSPS) is 11.7. The molecule has 3 heterocycles. The Morgan fingerprint density at radius 1 is 0.500 bits per heavy atom. The second-order valence-electron chi connectivity index (χ2n) is 9.64. The second kappa shape index (κ2) is 8.41. The van der Waals surface area contributed by atoms with Crippen LogP contribution in [0.4, 0.5) is 0 Å². The molecule has 0 amide bonds. The van der Waals surface area contributed by atoms with Gasteiger partial charge in [0.05, 0.1) is 22.2 Å². The van der Waals surface area contributed by atoms with Crippen molar-refractivity contribution in [2.45, 2.75) is 0 Å². The van der Waals surface area contributed by atoms with Crippen LogP contribution in [0.3, 0.4) is 0 Å². The van der Waals surface area contributed by atoms with Gasteiger partial charge in [0.25, 0.3) is 0 Å². The van der Waals surface area contributed by atoms with Crippen molar-refractivity contribution in [2.75, 3.05) is 0 Å². The molecule has 3 heteroatoms. The van der Waals surface area contributed by atoms with Gasteiger partial charge in [0.15, 0.2) is 0 Å². The zero-order chi connectivity index (χ0) is 25.1. The fourth-order valence-electron chi connectivity index (χ4n) is 5.67. The average Bonchev–Trinajstić information content (AvgIpc) is 3.51. The van der Waals surface area contributed by atoms with Gasteiger partial charge in [-0.2, -0.15) is 0 Å². The third-order valence-electron chi connectivity index (χ3n) is 7.44. The summed E-state index contributed by atoms with van der Waals surface area (Å²) in [5, 5.41) is 3.78. The minimum Gasteiger partial charge on any atom is -0.307 e. The van der Waals surface area contributed by atoms with Crippen molar-refractivity contribution in [1.29, 1.82) is 0 Å². The van der Waals surface area contributed by atoms with Crippen LogP contribution in [0.25, 0.3) is 70.0 Å². The molecular formula is C35H22N2S. The fraction of sp³-hybridized carbons (Fsp3) is 0. The number of nitrogens with zero attached hydrogens (tertiary/aromatic N) is 2. The zero-order valence-corrected chi connectivity index (χ0v) is 21.3. The molecule has 0 saturated heterocycles. The first kappa shape index (κ1) is 21.4. The second-order valence-corrected chi connectivity index (χ2v) is 10.7. The Balaban J connectivity index is 1.52. The van der Waals surface area contributed by atoms with Crippen LogP contribution in [0, 0.1) is 0 Å².